The number of likely N-dealkylation sites (tertiary alicyclic amines) is 1. The highest BCUT2D eigenvalue weighted by Crippen LogP contribution is 2.58. The van der Waals surface area contributed by atoms with Crippen molar-refractivity contribution in [2.45, 2.75) is 44.2 Å². The highest BCUT2D eigenvalue weighted by molar-refractivity contribution is 5.98. The molecule has 3 atom stereocenters. The first-order valence-corrected chi connectivity index (χ1v) is 10.8. The molecular formula is C26H27NO3. The number of fused-ring (bicyclic) bond motifs is 2. The van der Waals surface area contributed by atoms with Gasteiger partial charge in [0.2, 0.25) is 0 Å². The minimum Gasteiger partial charge on any atom is -0.507 e. The molecule has 2 heterocycles. The van der Waals surface area contributed by atoms with Gasteiger partial charge in [0.25, 0.3) is 5.91 Å². The van der Waals surface area contributed by atoms with Crippen molar-refractivity contribution in [3.05, 3.63) is 82.6 Å². The van der Waals surface area contributed by atoms with Crippen molar-refractivity contribution in [1.82, 2.24) is 4.90 Å². The number of carbonyl (C=O) groups is 1. The van der Waals surface area contributed by atoms with Crippen LogP contribution in [0.15, 0.2) is 65.9 Å². The monoisotopic (exact) mass is 401 g/mol. The fraction of sp³-hybridized carbons (Fsp3) is 0.346. The normalized spacial score (nSPS) is 29.3. The SMILES string of the molecule is Cc1ccc(/C=C/C(O)=C2/C(=O)N(C)[C@@]34CCCC[C@H]3[C@H]2c2ccccc2O4)cc1. The summed E-state index contributed by atoms with van der Waals surface area (Å²) in [5, 5.41) is 11.1. The third-order valence-corrected chi connectivity index (χ3v) is 7.02. The number of amides is 1. The topological polar surface area (TPSA) is 49.8 Å². The van der Waals surface area contributed by atoms with Crippen LogP contribution >= 0.6 is 0 Å². The van der Waals surface area contributed by atoms with E-state index in [-0.39, 0.29) is 23.5 Å². The van der Waals surface area contributed by atoms with E-state index in [4.69, 9.17) is 4.74 Å². The van der Waals surface area contributed by atoms with Gasteiger partial charge in [-0.3, -0.25) is 4.79 Å². The molecule has 3 aliphatic rings. The van der Waals surface area contributed by atoms with Crippen molar-refractivity contribution in [2.75, 3.05) is 7.05 Å². The maximum absolute atomic E-state index is 13.5. The number of para-hydroxylation sites is 1. The second-order valence-electron chi connectivity index (χ2n) is 8.72. The summed E-state index contributed by atoms with van der Waals surface area (Å²) in [5.74, 6) is 0.732. The number of hydrogen-bond donors (Lipinski definition) is 1. The number of aliphatic hydroxyl groups is 1. The Morgan fingerprint density at radius 1 is 1.17 bits per heavy atom. The standard InChI is InChI=1S/C26H27NO3/c1-17-10-12-18(13-11-17)14-15-21(28)24-23-19-7-3-4-9-22(19)30-26(27(2)25(24)29)16-6-5-8-20(23)26/h3-4,7,9-15,20,23,28H,5-6,8,16H2,1-2H3/b15-14+,24-21-/t20-,23+,26+/m0/s1. The first kappa shape index (κ1) is 19.0. The Labute approximate surface area is 177 Å². The molecule has 2 aliphatic heterocycles. The molecule has 1 saturated heterocycles. The van der Waals surface area contributed by atoms with E-state index in [0.717, 1.165) is 42.6 Å². The van der Waals surface area contributed by atoms with E-state index in [0.29, 0.717) is 5.57 Å². The Morgan fingerprint density at radius 3 is 2.73 bits per heavy atom. The predicted molar refractivity (Wildman–Crippen MR) is 117 cm³/mol. The van der Waals surface area contributed by atoms with Gasteiger partial charge in [-0.05, 0) is 37.5 Å². The lowest BCUT2D eigenvalue weighted by Crippen LogP contribution is -2.67. The van der Waals surface area contributed by atoms with Gasteiger partial charge in [-0.15, -0.1) is 0 Å². The van der Waals surface area contributed by atoms with Crippen LogP contribution in [0.2, 0.25) is 0 Å². The van der Waals surface area contributed by atoms with Crippen molar-refractivity contribution in [3.63, 3.8) is 0 Å². The largest absolute Gasteiger partial charge is 0.507 e. The second-order valence-corrected chi connectivity index (χ2v) is 8.72. The molecule has 0 aromatic heterocycles. The summed E-state index contributed by atoms with van der Waals surface area (Å²) >= 11 is 0. The van der Waals surface area contributed by atoms with E-state index in [1.54, 1.807) is 11.0 Å². The summed E-state index contributed by atoms with van der Waals surface area (Å²) in [6.07, 6.45) is 7.50. The van der Waals surface area contributed by atoms with E-state index >= 15 is 0 Å². The first-order valence-electron chi connectivity index (χ1n) is 10.8. The van der Waals surface area contributed by atoms with Crippen molar-refractivity contribution in [3.8, 4) is 5.75 Å². The van der Waals surface area contributed by atoms with Crippen molar-refractivity contribution in [2.24, 2.45) is 5.92 Å². The predicted octanol–water partition coefficient (Wildman–Crippen LogP) is 5.36. The van der Waals surface area contributed by atoms with E-state index in [9.17, 15) is 9.90 Å². The Morgan fingerprint density at radius 2 is 1.93 bits per heavy atom. The van der Waals surface area contributed by atoms with E-state index < -0.39 is 5.72 Å². The molecule has 0 spiro atoms. The lowest BCUT2D eigenvalue weighted by molar-refractivity contribution is -0.183. The van der Waals surface area contributed by atoms with Crippen LogP contribution in [0.4, 0.5) is 0 Å². The molecule has 0 unspecified atom stereocenters. The zero-order valence-electron chi connectivity index (χ0n) is 17.5. The lowest BCUT2D eigenvalue weighted by atomic mass is 9.63. The summed E-state index contributed by atoms with van der Waals surface area (Å²) in [6, 6.07) is 16.1. The number of allylic oxidation sites excluding steroid dienone is 1. The van der Waals surface area contributed by atoms with Crippen LogP contribution in [0, 0.1) is 12.8 Å². The van der Waals surface area contributed by atoms with Crippen molar-refractivity contribution < 1.29 is 14.6 Å². The van der Waals surface area contributed by atoms with Gasteiger partial charge in [0, 0.05) is 30.9 Å². The van der Waals surface area contributed by atoms with Gasteiger partial charge in [-0.2, -0.15) is 0 Å². The molecule has 1 saturated carbocycles. The van der Waals surface area contributed by atoms with Gasteiger partial charge in [0.05, 0.1) is 5.57 Å². The molecule has 4 nitrogen and oxygen atoms in total. The van der Waals surface area contributed by atoms with Crippen LogP contribution in [0.25, 0.3) is 6.08 Å². The van der Waals surface area contributed by atoms with Gasteiger partial charge in [-0.1, -0.05) is 60.5 Å². The number of ether oxygens (including phenoxy) is 1. The fourth-order valence-corrected chi connectivity index (χ4v) is 5.48. The number of aliphatic hydroxyl groups excluding tert-OH is 1. The number of likely N-dealkylation sites (N-methyl/N-ethyl adjacent to an activating group) is 1. The lowest BCUT2D eigenvalue weighted by Gasteiger charge is -2.58. The van der Waals surface area contributed by atoms with Gasteiger partial charge < -0.3 is 14.7 Å². The van der Waals surface area contributed by atoms with Crippen LogP contribution in [-0.2, 0) is 4.79 Å². The number of piperidine rings is 1. The molecule has 2 bridgehead atoms. The summed E-state index contributed by atoms with van der Waals surface area (Å²) in [6.45, 7) is 2.04. The zero-order chi connectivity index (χ0) is 20.9. The quantitative estimate of drug-likeness (QED) is 0.545. The van der Waals surface area contributed by atoms with E-state index in [1.807, 2.05) is 68.6 Å². The molecule has 2 aromatic rings. The average molecular weight is 402 g/mol. The van der Waals surface area contributed by atoms with Crippen LogP contribution in [0.5, 0.6) is 5.75 Å². The van der Waals surface area contributed by atoms with Gasteiger partial charge in [0.15, 0.2) is 5.72 Å². The number of carbonyl (C=O) groups excluding carboxylic acids is 1. The number of nitrogens with zero attached hydrogens (tertiary/aromatic N) is 1. The molecule has 5 rings (SSSR count). The van der Waals surface area contributed by atoms with E-state index in [1.165, 1.54) is 5.56 Å². The Kier molecular flexibility index (Phi) is 4.46. The molecule has 154 valence electrons. The Hall–Kier alpha value is -3.01. The molecule has 4 heteroatoms. The van der Waals surface area contributed by atoms with Gasteiger partial charge in [0.1, 0.15) is 11.5 Å². The number of rotatable bonds is 2. The smallest absolute Gasteiger partial charge is 0.256 e. The Bertz CT molecular complexity index is 1050. The summed E-state index contributed by atoms with van der Waals surface area (Å²) in [4.78, 5) is 15.2. The maximum atomic E-state index is 13.5. The van der Waals surface area contributed by atoms with Crippen LogP contribution in [0.3, 0.4) is 0 Å². The molecule has 1 aliphatic carbocycles. The molecule has 1 amide bonds. The fourth-order valence-electron chi connectivity index (χ4n) is 5.48. The molecule has 30 heavy (non-hydrogen) atoms. The summed E-state index contributed by atoms with van der Waals surface area (Å²) < 4.78 is 6.53. The number of benzene rings is 2. The minimum absolute atomic E-state index is 0.0494. The third kappa shape index (κ3) is 2.78. The average Bonchev–Trinajstić information content (AvgIpc) is 2.77. The second kappa shape index (κ2) is 7.05. The highest BCUT2D eigenvalue weighted by Gasteiger charge is 2.60. The van der Waals surface area contributed by atoms with Gasteiger partial charge >= 0.3 is 0 Å². The van der Waals surface area contributed by atoms with Gasteiger partial charge in [-0.25, -0.2) is 0 Å². The van der Waals surface area contributed by atoms with Crippen LogP contribution in [-0.4, -0.2) is 28.7 Å². The first-order chi connectivity index (χ1) is 14.5. The summed E-state index contributed by atoms with van der Waals surface area (Å²) in [7, 11) is 1.82. The van der Waals surface area contributed by atoms with Crippen molar-refractivity contribution >= 4 is 12.0 Å². The van der Waals surface area contributed by atoms with Crippen LogP contribution < -0.4 is 4.74 Å². The highest BCUT2D eigenvalue weighted by atomic mass is 16.5. The zero-order valence-corrected chi connectivity index (χ0v) is 17.5. The molecule has 2 fully saturated rings. The summed E-state index contributed by atoms with van der Waals surface area (Å²) in [5.41, 5.74) is 3.06. The molecule has 0 radical (unpaired) electrons. The minimum atomic E-state index is -0.612. The number of aryl methyl sites for hydroxylation is 1. The van der Waals surface area contributed by atoms with Crippen LogP contribution in [0.1, 0.15) is 48.3 Å². The third-order valence-electron chi connectivity index (χ3n) is 7.02. The van der Waals surface area contributed by atoms with E-state index in [2.05, 4.69) is 0 Å². The maximum Gasteiger partial charge on any atom is 0.256 e. The van der Waals surface area contributed by atoms with Crippen molar-refractivity contribution in [1.29, 1.82) is 0 Å². The molecule has 1 N–H and O–H groups in total. The molecular weight excluding hydrogens is 374 g/mol. The Balaban J connectivity index is 1.64. The molecule has 2 aromatic carbocycles. The number of hydrogen-bond acceptors (Lipinski definition) is 3.